The van der Waals surface area contributed by atoms with Crippen molar-refractivity contribution in [2.45, 2.75) is 24.0 Å². The number of ether oxygens (including phenoxy) is 1. The summed E-state index contributed by atoms with van der Waals surface area (Å²) in [5.74, 6) is -0.949. The Labute approximate surface area is 103 Å². The van der Waals surface area contributed by atoms with Crippen LogP contribution in [0.15, 0.2) is 22.8 Å². The molecule has 3 atom stereocenters. The number of aliphatic hydroxyl groups is 2. The van der Waals surface area contributed by atoms with Crippen molar-refractivity contribution < 1.29 is 19.7 Å². The lowest BCUT2D eigenvalue weighted by molar-refractivity contribution is -0.158. The van der Waals surface area contributed by atoms with E-state index < -0.39 is 23.1 Å². The van der Waals surface area contributed by atoms with Gasteiger partial charge in [0.1, 0.15) is 11.5 Å². The quantitative estimate of drug-likeness (QED) is 0.577. The third-order valence-electron chi connectivity index (χ3n) is 2.43. The van der Waals surface area contributed by atoms with Crippen LogP contribution in [0.1, 0.15) is 6.92 Å². The van der Waals surface area contributed by atoms with E-state index >= 15 is 0 Å². The summed E-state index contributed by atoms with van der Waals surface area (Å²) in [5, 5.41) is 18.5. The van der Waals surface area contributed by atoms with E-state index in [1.54, 1.807) is 13.0 Å². The normalized spacial score (nSPS) is 34.9. The molecule has 0 fully saturated rings. The summed E-state index contributed by atoms with van der Waals surface area (Å²) in [4.78, 5) is 11.5. The van der Waals surface area contributed by atoms with Gasteiger partial charge >= 0.3 is 5.97 Å². The van der Waals surface area contributed by atoms with Crippen molar-refractivity contribution in [2.75, 3.05) is 7.11 Å². The Morgan fingerprint density at radius 2 is 2.19 bits per heavy atom. The first-order valence-electron chi connectivity index (χ1n) is 4.57. The number of allylic oxidation sites excluding steroid dienone is 1. The minimum absolute atomic E-state index is 0.0500. The molecule has 90 valence electrons. The van der Waals surface area contributed by atoms with E-state index in [0.717, 1.165) is 7.11 Å². The van der Waals surface area contributed by atoms with Crippen molar-refractivity contribution in [3.05, 3.63) is 22.8 Å². The summed E-state index contributed by atoms with van der Waals surface area (Å²) in [6.45, 7) is 1.68. The van der Waals surface area contributed by atoms with Crippen molar-refractivity contribution in [1.29, 1.82) is 0 Å². The van der Waals surface area contributed by atoms with E-state index in [4.69, 9.17) is 23.2 Å². The maximum atomic E-state index is 11.5. The molecule has 4 nitrogen and oxygen atoms in total. The Hall–Kier alpha value is -0.550. The number of methoxy groups -OCH3 is 1. The van der Waals surface area contributed by atoms with Crippen molar-refractivity contribution >= 4 is 29.2 Å². The zero-order valence-corrected chi connectivity index (χ0v) is 10.3. The topological polar surface area (TPSA) is 66.8 Å². The lowest BCUT2D eigenvalue weighted by Gasteiger charge is -2.25. The summed E-state index contributed by atoms with van der Waals surface area (Å²) in [7, 11) is 1.12. The van der Waals surface area contributed by atoms with Crippen molar-refractivity contribution in [3.63, 3.8) is 0 Å². The summed E-state index contributed by atoms with van der Waals surface area (Å²) < 4.78 is 4.47. The maximum Gasteiger partial charge on any atom is 0.344 e. The highest BCUT2D eigenvalue weighted by molar-refractivity contribution is 6.34. The largest absolute Gasteiger partial charge is 0.467 e. The lowest BCUT2D eigenvalue weighted by Crippen LogP contribution is -2.49. The van der Waals surface area contributed by atoms with E-state index in [1.165, 1.54) is 6.08 Å². The molecule has 0 aliphatic heterocycles. The lowest BCUT2D eigenvalue weighted by atomic mass is 9.94. The molecule has 0 aromatic carbocycles. The molecule has 0 saturated carbocycles. The van der Waals surface area contributed by atoms with Gasteiger partial charge < -0.3 is 14.9 Å². The van der Waals surface area contributed by atoms with Crippen LogP contribution < -0.4 is 0 Å². The molecule has 0 heterocycles. The molecule has 0 unspecified atom stereocenters. The number of aliphatic hydroxyl groups excluding tert-OH is 1. The predicted molar refractivity (Wildman–Crippen MR) is 60.3 cm³/mol. The first kappa shape index (κ1) is 13.5. The number of carbonyl (C=O) groups is 1. The molecular weight excluding hydrogens is 255 g/mol. The van der Waals surface area contributed by atoms with Crippen molar-refractivity contribution in [2.24, 2.45) is 0 Å². The molecular formula is C10H12Cl2O4. The molecule has 0 aromatic rings. The van der Waals surface area contributed by atoms with Crippen molar-refractivity contribution in [3.8, 4) is 0 Å². The minimum atomic E-state index is -2.11. The van der Waals surface area contributed by atoms with E-state index in [1.807, 2.05) is 0 Å². The zero-order valence-electron chi connectivity index (χ0n) is 8.78. The fourth-order valence-electron chi connectivity index (χ4n) is 1.60. The molecule has 1 rings (SSSR count). The molecule has 0 radical (unpaired) electrons. The van der Waals surface area contributed by atoms with Crippen LogP contribution in [0.25, 0.3) is 0 Å². The first-order valence-corrected chi connectivity index (χ1v) is 5.38. The molecule has 6 heteroatoms. The fourth-order valence-corrected chi connectivity index (χ4v) is 2.33. The molecule has 16 heavy (non-hydrogen) atoms. The zero-order chi connectivity index (χ0) is 12.5. The molecule has 0 amide bonds. The SMILES string of the molecule is CC=CC1=C(Cl)[C@@H](O)[C@@H](Cl)[C@@]1(O)C(=O)OC. The smallest absolute Gasteiger partial charge is 0.344 e. The van der Waals surface area contributed by atoms with Gasteiger partial charge in [-0.3, -0.25) is 0 Å². The average molecular weight is 267 g/mol. The third kappa shape index (κ3) is 1.76. The molecule has 1 aliphatic carbocycles. The highest BCUT2D eigenvalue weighted by Gasteiger charge is 2.56. The first-order chi connectivity index (χ1) is 7.41. The molecule has 2 N–H and O–H groups in total. The second kappa shape index (κ2) is 4.75. The summed E-state index contributed by atoms with van der Waals surface area (Å²) in [6.07, 6.45) is 1.71. The average Bonchev–Trinajstić information content (AvgIpc) is 2.44. The Morgan fingerprint density at radius 1 is 1.62 bits per heavy atom. The van der Waals surface area contributed by atoms with Crippen LogP contribution in [-0.2, 0) is 9.53 Å². The monoisotopic (exact) mass is 266 g/mol. The summed E-state index contributed by atoms with van der Waals surface area (Å²) >= 11 is 11.6. The van der Waals surface area contributed by atoms with Crippen LogP contribution in [0.5, 0.6) is 0 Å². The second-order valence-corrected chi connectivity index (χ2v) is 4.24. The van der Waals surface area contributed by atoms with Gasteiger partial charge in [-0.25, -0.2) is 4.79 Å². The van der Waals surface area contributed by atoms with Crippen LogP contribution in [-0.4, -0.2) is 40.4 Å². The molecule has 1 aliphatic rings. The molecule has 0 bridgehead atoms. The summed E-state index contributed by atoms with van der Waals surface area (Å²) in [5.41, 5.74) is -2.05. The van der Waals surface area contributed by atoms with Gasteiger partial charge in [-0.15, -0.1) is 11.6 Å². The van der Waals surface area contributed by atoms with Gasteiger partial charge in [0.2, 0.25) is 5.60 Å². The number of hydrogen-bond donors (Lipinski definition) is 2. The second-order valence-electron chi connectivity index (χ2n) is 3.37. The Bertz CT molecular complexity index is 364. The highest BCUT2D eigenvalue weighted by Crippen LogP contribution is 2.42. The van der Waals surface area contributed by atoms with Crippen LogP contribution in [0.2, 0.25) is 0 Å². The Balaban J connectivity index is 3.31. The molecule has 0 aromatic heterocycles. The number of alkyl halides is 1. The fraction of sp³-hybridized carbons (Fsp3) is 0.500. The van der Waals surface area contributed by atoms with Crippen molar-refractivity contribution in [1.82, 2.24) is 0 Å². The van der Waals surface area contributed by atoms with E-state index in [0.29, 0.717) is 0 Å². The number of halogens is 2. The van der Waals surface area contributed by atoms with Gasteiger partial charge in [-0.2, -0.15) is 0 Å². The van der Waals surface area contributed by atoms with Crippen LogP contribution in [0.3, 0.4) is 0 Å². The van der Waals surface area contributed by atoms with Gasteiger partial charge in [0.25, 0.3) is 0 Å². The van der Waals surface area contributed by atoms with E-state index in [-0.39, 0.29) is 10.6 Å². The number of esters is 1. The van der Waals surface area contributed by atoms with E-state index in [2.05, 4.69) is 4.74 Å². The summed E-state index contributed by atoms with van der Waals surface area (Å²) in [6, 6.07) is 0. The van der Waals surface area contributed by atoms with Crippen LogP contribution in [0.4, 0.5) is 0 Å². The maximum absolute atomic E-state index is 11.5. The Kier molecular flexibility index (Phi) is 4.02. The van der Waals surface area contributed by atoms with Gasteiger partial charge in [-0.1, -0.05) is 23.8 Å². The van der Waals surface area contributed by atoms with Crippen LogP contribution in [0, 0.1) is 0 Å². The predicted octanol–water partition coefficient (Wildman–Crippen LogP) is 0.941. The third-order valence-corrected chi connectivity index (χ3v) is 3.42. The number of rotatable bonds is 2. The number of hydrogen-bond acceptors (Lipinski definition) is 4. The Morgan fingerprint density at radius 3 is 2.62 bits per heavy atom. The van der Waals surface area contributed by atoms with Gasteiger partial charge in [0.15, 0.2) is 0 Å². The minimum Gasteiger partial charge on any atom is -0.467 e. The van der Waals surface area contributed by atoms with Gasteiger partial charge in [0, 0.05) is 5.57 Å². The standard InChI is InChI=1S/C10H12Cl2O4/c1-3-4-5-6(11)7(13)8(12)10(5,15)9(14)16-2/h3-4,7-8,13,15H,1-2H3/t7-,8-,10-/m1/s1. The highest BCUT2D eigenvalue weighted by atomic mass is 35.5. The molecule has 0 saturated heterocycles. The van der Waals surface area contributed by atoms with E-state index in [9.17, 15) is 15.0 Å². The van der Waals surface area contributed by atoms with Gasteiger partial charge in [-0.05, 0) is 6.92 Å². The van der Waals surface area contributed by atoms with Gasteiger partial charge in [0.05, 0.1) is 12.1 Å². The number of carbonyl (C=O) groups excluding carboxylic acids is 1. The van der Waals surface area contributed by atoms with Crippen LogP contribution >= 0.6 is 23.2 Å². The molecule has 0 spiro atoms.